The van der Waals surface area contributed by atoms with Crippen molar-refractivity contribution in [2.45, 2.75) is 19.3 Å². The first kappa shape index (κ1) is 16.1. The van der Waals surface area contributed by atoms with Crippen LogP contribution in [0.15, 0.2) is 48.5 Å². The molecule has 5 heteroatoms. The van der Waals surface area contributed by atoms with Gasteiger partial charge in [-0.1, -0.05) is 43.3 Å². The van der Waals surface area contributed by atoms with Crippen LogP contribution in [0, 0.1) is 0 Å². The Bertz CT molecular complexity index is 712. The summed E-state index contributed by atoms with van der Waals surface area (Å²) in [6, 6.07) is 15.0. The third kappa shape index (κ3) is 3.25. The molecule has 2 amide bonds. The second kappa shape index (κ2) is 7.17. The number of para-hydroxylation sites is 2. The van der Waals surface area contributed by atoms with Crippen LogP contribution in [0.2, 0.25) is 0 Å². The van der Waals surface area contributed by atoms with E-state index in [0.717, 1.165) is 17.5 Å². The molecule has 0 unspecified atom stereocenters. The van der Waals surface area contributed by atoms with Crippen molar-refractivity contribution in [3.05, 3.63) is 59.7 Å². The van der Waals surface area contributed by atoms with Crippen molar-refractivity contribution in [2.24, 2.45) is 0 Å². The van der Waals surface area contributed by atoms with Gasteiger partial charge in [0.15, 0.2) is 0 Å². The highest BCUT2D eigenvalue weighted by Crippen LogP contribution is 2.43. The molecular weight excluding hydrogens is 304 g/mol. The molecule has 0 bridgehead atoms. The van der Waals surface area contributed by atoms with E-state index in [1.165, 1.54) is 0 Å². The summed E-state index contributed by atoms with van der Waals surface area (Å²) in [6.45, 7) is 2.56. The molecule has 1 heterocycles. The number of nitrogens with one attached hydrogen (secondary N) is 2. The normalized spacial score (nSPS) is 12.5. The van der Waals surface area contributed by atoms with Crippen molar-refractivity contribution in [3.63, 3.8) is 0 Å². The second-order valence-electron chi connectivity index (χ2n) is 5.68. The summed E-state index contributed by atoms with van der Waals surface area (Å²) in [6.07, 6.45) is 0.862. The number of ether oxygens (including phenoxy) is 1. The van der Waals surface area contributed by atoms with E-state index < -0.39 is 5.92 Å². The van der Waals surface area contributed by atoms with Crippen molar-refractivity contribution in [1.29, 1.82) is 0 Å². The maximum atomic E-state index is 12.8. The second-order valence-corrected chi connectivity index (χ2v) is 5.68. The number of hydrogen-bond donors (Lipinski definition) is 2. The van der Waals surface area contributed by atoms with Gasteiger partial charge in [0.2, 0.25) is 11.8 Å². The molecule has 0 saturated carbocycles. The van der Waals surface area contributed by atoms with Crippen LogP contribution in [0.5, 0.6) is 11.5 Å². The summed E-state index contributed by atoms with van der Waals surface area (Å²) < 4.78 is 5.88. The molecule has 124 valence electrons. The lowest BCUT2D eigenvalue weighted by Crippen LogP contribution is -2.39. The Morgan fingerprint density at radius 1 is 0.958 bits per heavy atom. The SMILES string of the molecule is CCCNC(=O)CNC(=O)C1c2ccccc2Oc2ccccc21. The van der Waals surface area contributed by atoms with Crippen molar-refractivity contribution in [3.8, 4) is 11.5 Å². The lowest BCUT2D eigenvalue weighted by atomic mass is 9.87. The number of carbonyl (C=O) groups is 2. The van der Waals surface area contributed by atoms with Gasteiger partial charge in [-0.3, -0.25) is 9.59 Å². The van der Waals surface area contributed by atoms with E-state index in [2.05, 4.69) is 10.6 Å². The van der Waals surface area contributed by atoms with Crippen LogP contribution in [-0.4, -0.2) is 24.9 Å². The Morgan fingerprint density at radius 3 is 2.12 bits per heavy atom. The van der Waals surface area contributed by atoms with Crippen molar-refractivity contribution in [2.75, 3.05) is 13.1 Å². The van der Waals surface area contributed by atoms with Crippen LogP contribution in [-0.2, 0) is 9.59 Å². The first-order valence-corrected chi connectivity index (χ1v) is 8.10. The lowest BCUT2D eigenvalue weighted by molar-refractivity contribution is -0.126. The minimum absolute atomic E-state index is 0.0273. The van der Waals surface area contributed by atoms with Gasteiger partial charge in [0.05, 0.1) is 12.5 Å². The van der Waals surface area contributed by atoms with E-state index in [-0.39, 0.29) is 18.4 Å². The summed E-state index contributed by atoms with van der Waals surface area (Å²) in [5.74, 6) is 0.479. The Hall–Kier alpha value is -2.82. The standard InChI is InChI=1S/C19H20N2O3/c1-2-11-20-17(22)12-21-19(23)18-13-7-3-5-9-15(13)24-16-10-6-4-8-14(16)18/h3-10,18H,2,11-12H2,1H3,(H,20,22)(H,21,23). The zero-order valence-electron chi connectivity index (χ0n) is 13.5. The number of amides is 2. The van der Waals surface area contributed by atoms with Gasteiger partial charge in [0.25, 0.3) is 0 Å². The molecule has 5 nitrogen and oxygen atoms in total. The van der Waals surface area contributed by atoms with Crippen LogP contribution >= 0.6 is 0 Å². The van der Waals surface area contributed by atoms with Gasteiger partial charge in [-0.25, -0.2) is 0 Å². The maximum absolute atomic E-state index is 12.8. The van der Waals surface area contributed by atoms with E-state index >= 15 is 0 Å². The van der Waals surface area contributed by atoms with Crippen molar-refractivity contribution in [1.82, 2.24) is 10.6 Å². The molecule has 0 aromatic heterocycles. The van der Waals surface area contributed by atoms with Gasteiger partial charge < -0.3 is 15.4 Å². The third-order valence-electron chi connectivity index (χ3n) is 3.94. The van der Waals surface area contributed by atoms with Crippen LogP contribution in [0.3, 0.4) is 0 Å². The molecule has 0 spiro atoms. The molecule has 0 fully saturated rings. The van der Waals surface area contributed by atoms with E-state index in [1.807, 2.05) is 55.5 Å². The Balaban J connectivity index is 1.82. The van der Waals surface area contributed by atoms with Gasteiger partial charge >= 0.3 is 0 Å². The van der Waals surface area contributed by atoms with Crippen LogP contribution in [0.4, 0.5) is 0 Å². The number of fused-ring (bicyclic) bond motifs is 2. The molecule has 0 aliphatic carbocycles. The molecule has 0 radical (unpaired) electrons. The van der Waals surface area contributed by atoms with E-state index in [0.29, 0.717) is 18.0 Å². The molecule has 0 saturated heterocycles. The van der Waals surface area contributed by atoms with E-state index in [1.54, 1.807) is 0 Å². The Morgan fingerprint density at radius 2 is 1.54 bits per heavy atom. The molecule has 2 N–H and O–H groups in total. The third-order valence-corrected chi connectivity index (χ3v) is 3.94. The predicted molar refractivity (Wildman–Crippen MR) is 91.1 cm³/mol. The zero-order valence-corrected chi connectivity index (χ0v) is 13.5. The van der Waals surface area contributed by atoms with Crippen molar-refractivity contribution >= 4 is 11.8 Å². The van der Waals surface area contributed by atoms with Crippen LogP contribution in [0.1, 0.15) is 30.4 Å². The number of benzene rings is 2. The molecule has 2 aromatic rings. The minimum atomic E-state index is -0.481. The fourth-order valence-electron chi connectivity index (χ4n) is 2.79. The van der Waals surface area contributed by atoms with Crippen LogP contribution in [0.25, 0.3) is 0 Å². The highest BCUT2D eigenvalue weighted by atomic mass is 16.5. The summed E-state index contributed by atoms with van der Waals surface area (Å²) in [7, 11) is 0. The molecule has 0 atom stereocenters. The summed E-state index contributed by atoms with van der Waals surface area (Å²) >= 11 is 0. The van der Waals surface area contributed by atoms with Gasteiger partial charge in [0.1, 0.15) is 11.5 Å². The fourth-order valence-corrected chi connectivity index (χ4v) is 2.79. The molecule has 2 aromatic carbocycles. The molecule has 1 aliphatic heterocycles. The number of hydrogen-bond acceptors (Lipinski definition) is 3. The Labute approximate surface area is 141 Å². The highest BCUT2D eigenvalue weighted by Gasteiger charge is 2.32. The Kier molecular flexibility index (Phi) is 4.79. The average Bonchev–Trinajstić information content (AvgIpc) is 2.62. The first-order chi connectivity index (χ1) is 11.7. The number of carbonyl (C=O) groups excluding carboxylic acids is 2. The quantitative estimate of drug-likeness (QED) is 0.888. The smallest absolute Gasteiger partial charge is 0.239 e. The predicted octanol–water partition coefficient (Wildman–Crippen LogP) is 2.57. The minimum Gasteiger partial charge on any atom is -0.457 e. The van der Waals surface area contributed by atoms with E-state index in [4.69, 9.17) is 4.74 Å². The monoisotopic (exact) mass is 324 g/mol. The molecule has 3 rings (SSSR count). The van der Waals surface area contributed by atoms with Gasteiger partial charge in [0, 0.05) is 17.7 Å². The largest absolute Gasteiger partial charge is 0.457 e. The number of rotatable bonds is 5. The van der Waals surface area contributed by atoms with Gasteiger partial charge in [-0.05, 0) is 18.6 Å². The molecule has 1 aliphatic rings. The van der Waals surface area contributed by atoms with Crippen LogP contribution < -0.4 is 15.4 Å². The van der Waals surface area contributed by atoms with Gasteiger partial charge in [-0.15, -0.1) is 0 Å². The average molecular weight is 324 g/mol. The summed E-state index contributed by atoms with van der Waals surface area (Å²) in [5.41, 5.74) is 1.62. The van der Waals surface area contributed by atoms with Gasteiger partial charge in [-0.2, -0.15) is 0 Å². The zero-order chi connectivity index (χ0) is 16.9. The summed E-state index contributed by atoms with van der Waals surface area (Å²) in [5, 5.41) is 5.49. The topological polar surface area (TPSA) is 67.4 Å². The lowest BCUT2D eigenvalue weighted by Gasteiger charge is -2.27. The molecule has 24 heavy (non-hydrogen) atoms. The first-order valence-electron chi connectivity index (χ1n) is 8.10. The summed E-state index contributed by atoms with van der Waals surface area (Å²) in [4.78, 5) is 24.5. The van der Waals surface area contributed by atoms with E-state index in [9.17, 15) is 9.59 Å². The fraction of sp³-hybridized carbons (Fsp3) is 0.263. The van der Waals surface area contributed by atoms with Crippen molar-refractivity contribution < 1.29 is 14.3 Å². The molecular formula is C19H20N2O3. The highest BCUT2D eigenvalue weighted by molar-refractivity contribution is 5.92. The maximum Gasteiger partial charge on any atom is 0.239 e.